The fourth-order valence-corrected chi connectivity index (χ4v) is 1.73. The zero-order chi connectivity index (χ0) is 11.0. The van der Waals surface area contributed by atoms with Gasteiger partial charge in [0, 0.05) is 13.0 Å². The monoisotopic (exact) mass is 209 g/mol. The number of nitrogens with two attached hydrogens (primary N) is 1. The quantitative estimate of drug-likeness (QED) is 0.644. The molecule has 0 aliphatic carbocycles. The van der Waals surface area contributed by atoms with E-state index < -0.39 is 17.2 Å². The Balaban J connectivity index is 2.68. The summed E-state index contributed by atoms with van der Waals surface area (Å²) in [5.41, 5.74) is 4.11. The number of carbonyl (C=O) groups excluding carboxylic acids is 1. The van der Waals surface area contributed by atoms with Crippen LogP contribution >= 0.6 is 0 Å². The lowest BCUT2D eigenvalue weighted by molar-refractivity contribution is 0.0991. The van der Waals surface area contributed by atoms with E-state index in [1.165, 1.54) is 4.57 Å². The van der Waals surface area contributed by atoms with Crippen LogP contribution in [0, 0.1) is 0 Å². The van der Waals surface area contributed by atoms with Gasteiger partial charge in [-0.2, -0.15) is 0 Å². The first kappa shape index (κ1) is 9.70. The van der Waals surface area contributed by atoms with Crippen LogP contribution in [0.25, 0.3) is 0 Å². The zero-order valence-electron chi connectivity index (χ0n) is 8.06. The first-order chi connectivity index (χ1) is 7.11. The van der Waals surface area contributed by atoms with Crippen LogP contribution in [-0.2, 0) is 13.0 Å². The third-order valence-corrected chi connectivity index (χ3v) is 2.49. The number of carbonyl (C=O) groups is 1. The van der Waals surface area contributed by atoms with E-state index in [2.05, 4.69) is 4.98 Å². The van der Waals surface area contributed by atoms with E-state index >= 15 is 0 Å². The Hall–Kier alpha value is -1.85. The summed E-state index contributed by atoms with van der Waals surface area (Å²) in [6.07, 6.45) is 2.44. The number of amides is 1. The molecule has 6 nitrogen and oxygen atoms in total. The van der Waals surface area contributed by atoms with Gasteiger partial charge in [0.05, 0.1) is 0 Å². The average Bonchev–Trinajstić information content (AvgIpc) is 2.23. The Morgan fingerprint density at radius 2 is 2.20 bits per heavy atom. The summed E-state index contributed by atoms with van der Waals surface area (Å²) in [4.78, 5) is 26.4. The van der Waals surface area contributed by atoms with Gasteiger partial charge >= 0.3 is 0 Å². The van der Waals surface area contributed by atoms with Gasteiger partial charge in [0.2, 0.25) is 5.75 Å². The van der Waals surface area contributed by atoms with E-state index in [-0.39, 0.29) is 5.69 Å². The Bertz CT molecular complexity index is 478. The molecule has 0 saturated heterocycles. The van der Waals surface area contributed by atoms with E-state index in [9.17, 15) is 14.7 Å². The number of rotatable bonds is 1. The standard InChI is InChI=1S/C9H11N3O3/c10-8(14)6-7(13)9(15)12-4-2-1-3-5(12)11-6/h13H,1-4H2,(H2,10,14). The maximum atomic E-state index is 11.6. The number of nitrogens with zero attached hydrogens (tertiary/aromatic N) is 2. The van der Waals surface area contributed by atoms with Crippen molar-refractivity contribution >= 4 is 5.91 Å². The van der Waals surface area contributed by atoms with E-state index in [1.807, 2.05) is 0 Å². The molecule has 0 unspecified atom stereocenters. The van der Waals surface area contributed by atoms with Crippen molar-refractivity contribution < 1.29 is 9.90 Å². The summed E-state index contributed by atoms with van der Waals surface area (Å²) in [6, 6.07) is 0. The molecule has 1 aliphatic heterocycles. The first-order valence-electron chi connectivity index (χ1n) is 4.73. The zero-order valence-corrected chi connectivity index (χ0v) is 8.06. The van der Waals surface area contributed by atoms with Crippen molar-refractivity contribution in [3.05, 3.63) is 21.9 Å². The first-order valence-corrected chi connectivity index (χ1v) is 4.73. The van der Waals surface area contributed by atoms with Crippen LogP contribution in [0.3, 0.4) is 0 Å². The summed E-state index contributed by atoms with van der Waals surface area (Å²) in [6.45, 7) is 0.535. The summed E-state index contributed by atoms with van der Waals surface area (Å²) in [7, 11) is 0. The second-order valence-corrected chi connectivity index (χ2v) is 3.50. The number of aryl methyl sites for hydroxylation is 1. The highest BCUT2D eigenvalue weighted by Gasteiger charge is 2.20. The van der Waals surface area contributed by atoms with Crippen molar-refractivity contribution in [1.82, 2.24) is 9.55 Å². The topological polar surface area (TPSA) is 98.2 Å². The Morgan fingerprint density at radius 1 is 1.47 bits per heavy atom. The molecule has 80 valence electrons. The van der Waals surface area contributed by atoms with Crippen LogP contribution in [0.2, 0.25) is 0 Å². The highest BCUT2D eigenvalue weighted by atomic mass is 16.3. The van der Waals surface area contributed by atoms with Gasteiger partial charge in [0.1, 0.15) is 5.82 Å². The minimum atomic E-state index is -0.876. The minimum Gasteiger partial charge on any atom is -0.501 e. The molecule has 6 heteroatoms. The maximum absolute atomic E-state index is 11.6. The average molecular weight is 209 g/mol. The van der Waals surface area contributed by atoms with Gasteiger partial charge in [0.15, 0.2) is 5.69 Å². The van der Waals surface area contributed by atoms with Gasteiger partial charge in [-0.1, -0.05) is 0 Å². The minimum absolute atomic E-state index is 0.326. The molecular formula is C9H11N3O3. The second-order valence-electron chi connectivity index (χ2n) is 3.50. The number of fused-ring (bicyclic) bond motifs is 1. The maximum Gasteiger partial charge on any atom is 0.296 e. The van der Waals surface area contributed by atoms with Gasteiger partial charge in [-0.3, -0.25) is 14.2 Å². The van der Waals surface area contributed by atoms with Gasteiger partial charge < -0.3 is 10.8 Å². The second kappa shape index (κ2) is 3.38. The highest BCUT2D eigenvalue weighted by molar-refractivity contribution is 5.93. The molecule has 0 radical (unpaired) electrons. The van der Waals surface area contributed by atoms with Crippen LogP contribution in [0.15, 0.2) is 4.79 Å². The number of hydrogen-bond acceptors (Lipinski definition) is 4. The molecule has 2 heterocycles. The molecule has 0 saturated carbocycles. The highest BCUT2D eigenvalue weighted by Crippen LogP contribution is 2.15. The van der Waals surface area contributed by atoms with E-state index in [4.69, 9.17) is 5.73 Å². The van der Waals surface area contributed by atoms with Crippen LogP contribution in [-0.4, -0.2) is 20.6 Å². The smallest absolute Gasteiger partial charge is 0.296 e. The molecular weight excluding hydrogens is 198 g/mol. The molecule has 1 aliphatic rings. The van der Waals surface area contributed by atoms with Crippen molar-refractivity contribution in [3.63, 3.8) is 0 Å². The normalized spacial score (nSPS) is 14.7. The molecule has 1 amide bonds. The van der Waals surface area contributed by atoms with Crippen LogP contribution in [0.1, 0.15) is 29.2 Å². The van der Waals surface area contributed by atoms with Crippen molar-refractivity contribution in [2.45, 2.75) is 25.8 Å². The van der Waals surface area contributed by atoms with E-state index in [0.29, 0.717) is 18.8 Å². The number of aromatic nitrogens is 2. The molecule has 2 rings (SSSR count). The van der Waals surface area contributed by atoms with Crippen molar-refractivity contribution in [1.29, 1.82) is 0 Å². The Kier molecular flexibility index (Phi) is 2.18. The van der Waals surface area contributed by atoms with Gasteiger partial charge in [0.25, 0.3) is 11.5 Å². The third kappa shape index (κ3) is 1.47. The lowest BCUT2D eigenvalue weighted by Gasteiger charge is -2.17. The fraction of sp³-hybridized carbons (Fsp3) is 0.444. The lowest BCUT2D eigenvalue weighted by atomic mass is 10.1. The van der Waals surface area contributed by atoms with Crippen LogP contribution in [0.4, 0.5) is 0 Å². The summed E-state index contributed by atoms with van der Waals surface area (Å²) in [5, 5.41) is 9.43. The van der Waals surface area contributed by atoms with Crippen molar-refractivity contribution in [2.75, 3.05) is 0 Å². The van der Waals surface area contributed by atoms with Crippen molar-refractivity contribution in [2.24, 2.45) is 5.73 Å². The third-order valence-electron chi connectivity index (χ3n) is 2.49. The molecule has 0 bridgehead atoms. The molecule has 0 aromatic carbocycles. The predicted octanol–water partition coefficient (Wildman–Crippen LogP) is -0.616. The van der Waals surface area contributed by atoms with Gasteiger partial charge in [-0.15, -0.1) is 0 Å². The Morgan fingerprint density at radius 3 is 2.87 bits per heavy atom. The molecule has 0 fully saturated rings. The summed E-state index contributed by atoms with van der Waals surface area (Å²) in [5.74, 6) is -0.996. The molecule has 15 heavy (non-hydrogen) atoms. The van der Waals surface area contributed by atoms with Gasteiger partial charge in [-0.05, 0) is 12.8 Å². The van der Waals surface area contributed by atoms with Crippen LogP contribution in [0.5, 0.6) is 5.75 Å². The lowest BCUT2D eigenvalue weighted by Crippen LogP contribution is -2.31. The molecule has 1 aromatic heterocycles. The number of aromatic hydroxyl groups is 1. The summed E-state index contributed by atoms with van der Waals surface area (Å²) < 4.78 is 1.39. The molecule has 1 aromatic rings. The largest absolute Gasteiger partial charge is 0.501 e. The van der Waals surface area contributed by atoms with Gasteiger partial charge in [-0.25, -0.2) is 4.98 Å². The number of primary amides is 1. The summed E-state index contributed by atoms with van der Waals surface area (Å²) >= 11 is 0. The molecule has 0 spiro atoms. The van der Waals surface area contributed by atoms with E-state index in [0.717, 1.165) is 12.8 Å². The number of hydrogen-bond donors (Lipinski definition) is 2. The fourth-order valence-electron chi connectivity index (χ4n) is 1.73. The van der Waals surface area contributed by atoms with E-state index in [1.54, 1.807) is 0 Å². The van der Waals surface area contributed by atoms with Crippen molar-refractivity contribution in [3.8, 4) is 5.75 Å². The van der Waals surface area contributed by atoms with Crippen LogP contribution < -0.4 is 11.3 Å². The predicted molar refractivity (Wildman–Crippen MR) is 51.6 cm³/mol. The Labute approximate surface area is 85.4 Å². The molecule has 0 atom stereocenters. The molecule has 3 N–H and O–H groups in total. The SMILES string of the molecule is NC(=O)c1nc2n(c(=O)c1O)CCCC2.